The van der Waals surface area contributed by atoms with E-state index in [4.69, 9.17) is 10.7 Å². The fraction of sp³-hybridized carbons (Fsp3) is 0.500. The summed E-state index contributed by atoms with van der Waals surface area (Å²) in [6.07, 6.45) is 9.89. The van der Waals surface area contributed by atoms with Crippen molar-refractivity contribution >= 4 is 18.5 Å². The summed E-state index contributed by atoms with van der Waals surface area (Å²) < 4.78 is 1.87. The van der Waals surface area contributed by atoms with E-state index in [0.29, 0.717) is 11.5 Å². The summed E-state index contributed by atoms with van der Waals surface area (Å²) in [7, 11) is 1.90. The number of aliphatic imine (C=N–C) groups is 1. The molecule has 160 valence electrons. The van der Waals surface area contributed by atoms with Crippen LogP contribution in [0.15, 0.2) is 52.1 Å². The van der Waals surface area contributed by atoms with Crippen LogP contribution in [0.4, 0.5) is 0 Å². The molecule has 0 bridgehead atoms. The first-order chi connectivity index (χ1) is 14.5. The lowest BCUT2D eigenvalue weighted by atomic mass is 10.0. The summed E-state index contributed by atoms with van der Waals surface area (Å²) in [4.78, 5) is 22.3. The lowest BCUT2D eigenvalue weighted by molar-refractivity contribution is 0.0652. The van der Waals surface area contributed by atoms with E-state index in [1.807, 2.05) is 48.0 Å². The number of rotatable bonds is 3. The molecule has 1 aromatic rings. The van der Waals surface area contributed by atoms with Gasteiger partial charge in [0.05, 0.1) is 6.04 Å². The topological polar surface area (TPSA) is 82.5 Å². The van der Waals surface area contributed by atoms with Gasteiger partial charge in [0, 0.05) is 57.4 Å². The zero-order valence-electron chi connectivity index (χ0n) is 17.9. The van der Waals surface area contributed by atoms with Gasteiger partial charge in [-0.3, -0.25) is 4.79 Å². The number of carbonyl (C=O) groups is 1. The van der Waals surface area contributed by atoms with Crippen LogP contribution in [0.5, 0.6) is 0 Å². The Kier molecular flexibility index (Phi) is 5.76. The number of amidine groups is 1. The molecule has 8 heteroatoms. The maximum absolute atomic E-state index is 13.2. The molecule has 8 nitrogen and oxygen atoms in total. The summed E-state index contributed by atoms with van der Waals surface area (Å²) in [6, 6.07) is 3.93. The molecule has 3 aliphatic rings. The first-order valence-electron chi connectivity index (χ1n) is 10.7. The van der Waals surface area contributed by atoms with Crippen LogP contribution in [0, 0.1) is 0 Å². The molecular weight excluding hydrogens is 378 g/mol. The molecule has 4 rings (SSSR count). The predicted molar refractivity (Wildman–Crippen MR) is 119 cm³/mol. The quantitative estimate of drug-likeness (QED) is 0.776. The molecule has 1 unspecified atom stereocenters. The van der Waals surface area contributed by atoms with Gasteiger partial charge in [0.1, 0.15) is 11.5 Å². The smallest absolute Gasteiger partial charge is 0.270 e. The van der Waals surface area contributed by atoms with Crippen molar-refractivity contribution in [2.75, 3.05) is 19.6 Å². The lowest BCUT2D eigenvalue weighted by Crippen LogP contribution is -2.44. The Morgan fingerprint density at radius 1 is 1.33 bits per heavy atom. The molecule has 30 heavy (non-hydrogen) atoms. The van der Waals surface area contributed by atoms with E-state index in [-0.39, 0.29) is 18.0 Å². The largest absolute Gasteiger partial charge is 0.355 e. The minimum Gasteiger partial charge on any atom is -0.355 e. The molecule has 0 aliphatic carbocycles. The third kappa shape index (κ3) is 3.92. The van der Waals surface area contributed by atoms with Crippen molar-refractivity contribution in [1.29, 1.82) is 0 Å². The van der Waals surface area contributed by atoms with Gasteiger partial charge >= 0.3 is 0 Å². The van der Waals surface area contributed by atoms with E-state index < -0.39 is 0 Å². The Balaban J connectivity index is 1.64. The van der Waals surface area contributed by atoms with Crippen molar-refractivity contribution in [3.05, 3.63) is 47.7 Å². The average Bonchev–Trinajstić information content (AvgIpc) is 3.37. The summed E-state index contributed by atoms with van der Waals surface area (Å²) in [5.74, 6) is 1.70. The highest BCUT2D eigenvalue weighted by molar-refractivity contribution is 5.99. The van der Waals surface area contributed by atoms with E-state index in [1.165, 1.54) is 0 Å². The Bertz CT molecular complexity index is 912. The average molecular weight is 410 g/mol. The van der Waals surface area contributed by atoms with E-state index in [9.17, 15) is 4.79 Å². The number of aryl methyl sites for hydroxylation is 1. The molecule has 1 aromatic heterocycles. The van der Waals surface area contributed by atoms with Crippen LogP contribution in [0.2, 0.25) is 0 Å². The molecule has 0 saturated carbocycles. The summed E-state index contributed by atoms with van der Waals surface area (Å²) in [5.41, 5.74) is 7.85. The van der Waals surface area contributed by atoms with Crippen molar-refractivity contribution in [3.63, 3.8) is 0 Å². The highest BCUT2D eigenvalue weighted by atomic mass is 16.2. The number of carbonyl (C=O) groups excluding carboxylic acids is 1. The molecule has 2 N–H and O–H groups in total. The molecule has 2 fully saturated rings. The van der Waals surface area contributed by atoms with Gasteiger partial charge in [-0.2, -0.15) is 5.10 Å². The van der Waals surface area contributed by atoms with E-state index >= 15 is 0 Å². The summed E-state index contributed by atoms with van der Waals surface area (Å²) in [6.45, 7) is 8.19. The first kappa shape index (κ1) is 20.4. The van der Waals surface area contributed by atoms with Crippen molar-refractivity contribution in [2.24, 2.45) is 22.9 Å². The van der Waals surface area contributed by atoms with Crippen LogP contribution in [0.3, 0.4) is 0 Å². The predicted octanol–water partition coefficient (Wildman–Crippen LogP) is 2.13. The molecule has 2 saturated heterocycles. The number of likely N-dealkylation sites (tertiary alicyclic amines) is 2. The second-order valence-electron chi connectivity index (χ2n) is 8.32. The van der Waals surface area contributed by atoms with Gasteiger partial charge in [0.2, 0.25) is 0 Å². The fourth-order valence-electron chi connectivity index (χ4n) is 4.47. The second-order valence-corrected chi connectivity index (χ2v) is 8.32. The highest BCUT2D eigenvalue weighted by Crippen LogP contribution is 2.26. The van der Waals surface area contributed by atoms with Gasteiger partial charge < -0.3 is 20.1 Å². The van der Waals surface area contributed by atoms with Crippen LogP contribution < -0.4 is 5.73 Å². The number of piperidine rings is 1. The molecule has 2 atom stereocenters. The summed E-state index contributed by atoms with van der Waals surface area (Å²) >= 11 is 0. The molecule has 0 spiro atoms. The maximum atomic E-state index is 13.2. The van der Waals surface area contributed by atoms with Gasteiger partial charge in [-0.1, -0.05) is 0 Å². The minimum atomic E-state index is -0.0296. The Morgan fingerprint density at radius 2 is 2.17 bits per heavy atom. The SMILES string of the molecule is C=NN1C=C(C)C(N2CC[C@H](N)C2)=N/C1=C/C1CCCCN1C(=O)c1cccn1C. The van der Waals surface area contributed by atoms with E-state index in [1.54, 1.807) is 5.01 Å². The Morgan fingerprint density at radius 3 is 2.83 bits per heavy atom. The van der Waals surface area contributed by atoms with E-state index in [2.05, 4.69) is 22.8 Å². The van der Waals surface area contributed by atoms with Gasteiger partial charge in [-0.25, -0.2) is 10.0 Å². The normalized spacial score (nSPS) is 26.1. The first-order valence-corrected chi connectivity index (χ1v) is 10.7. The lowest BCUT2D eigenvalue weighted by Gasteiger charge is -2.35. The molecule has 4 heterocycles. The molecule has 0 radical (unpaired) electrons. The number of nitrogens with zero attached hydrogens (tertiary/aromatic N) is 6. The number of amides is 1. The molecular formula is C22H31N7O. The van der Waals surface area contributed by atoms with Gasteiger partial charge in [-0.15, -0.1) is 0 Å². The highest BCUT2D eigenvalue weighted by Gasteiger charge is 2.30. The molecule has 1 amide bonds. The summed E-state index contributed by atoms with van der Waals surface area (Å²) in [5, 5.41) is 5.84. The maximum Gasteiger partial charge on any atom is 0.270 e. The van der Waals surface area contributed by atoms with E-state index in [0.717, 1.165) is 56.7 Å². The van der Waals surface area contributed by atoms with Crippen molar-refractivity contribution < 1.29 is 4.79 Å². The standard InChI is InChI=1S/C22H31N7O/c1-16-14-29(24-2)20(25-21(16)27-12-9-17(23)15-27)13-18-7-4-5-11-28(18)22(30)19-8-6-10-26(19)3/h6,8,10,13-14,17-18H,2,4-5,7,9,11-12,15,23H2,1,3H3/b20-13-/t17-,18?/m0/s1. The van der Waals surface area contributed by atoms with Crippen LogP contribution in [-0.2, 0) is 7.05 Å². The number of hydrogen-bond acceptors (Lipinski definition) is 6. The zero-order valence-corrected chi connectivity index (χ0v) is 17.9. The minimum absolute atomic E-state index is 0.0296. The van der Waals surface area contributed by atoms with Crippen molar-refractivity contribution in [1.82, 2.24) is 19.4 Å². The van der Waals surface area contributed by atoms with Gasteiger partial charge in [0.15, 0.2) is 5.82 Å². The van der Waals surface area contributed by atoms with Crippen LogP contribution in [0.1, 0.15) is 43.1 Å². The number of hydrogen-bond donors (Lipinski definition) is 1. The van der Waals surface area contributed by atoms with Gasteiger partial charge in [-0.05, 0) is 50.8 Å². The van der Waals surface area contributed by atoms with Crippen molar-refractivity contribution in [3.8, 4) is 0 Å². The molecule has 3 aliphatic heterocycles. The van der Waals surface area contributed by atoms with Crippen LogP contribution in [-0.4, -0.2) is 69.6 Å². The molecule has 0 aromatic carbocycles. The zero-order chi connectivity index (χ0) is 21.3. The van der Waals surface area contributed by atoms with Crippen molar-refractivity contribution in [2.45, 2.75) is 44.7 Å². The van der Waals surface area contributed by atoms with Gasteiger partial charge in [0.25, 0.3) is 5.91 Å². The fourth-order valence-corrected chi connectivity index (χ4v) is 4.47. The third-order valence-electron chi connectivity index (χ3n) is 6.11. The third-order valence-corrected chi connectivity index (χ3v) is 6.11. The second kappa shape index (κ2) is 8.47. The number of nitrogens with two attached hydrogens (primary N) is 1. The Labute approximate surface area is 178 Å². The number of aromatic nitrogens is 1. The number of hydrazone groups is 1. The Hall–Kier alpha value is -2.87. The monoisotopic (exact) mass is 409 g/mol. The van der Waals surface area contributed by atoms with Crippen LogP contribution >= 0.6 is 0 Å². The van der Waals surface area contributed by atoms with Crippen LogP contribution in [0.25, 0.3) is 0 Å².